The van der Waals surface area contributed by atoms with E-state index < -0.39 is 0 Å². The molecule has 1 atom stereocenters. The highest BCUT2D eigenvalue weighted by molar-refractivity contribution is 6.30. The maximum atomic E-state index is 5.95. The lowest BCUT2D eigenvalue weighted by Gasteiger charge is -2.27. The van der Waals surface area contributed by atoms with Crippen LogP contribution >= 0.6 is 11.6 Å². The van der Waals surface area contributed by atoms with Crippen LogP contribution in [0.4, 0.5) is 0 Å². The molecule has 4 nitrogen and oxygen atoms in total. The van der Waals surface area contributed by atoms with Crippen LogP contribution in [0.15, 0.2) is 29.3 Å². The minimum atomic E-state index is 0.238. The Morgan fingerprint density at radius 1 is 1.39 bits per heavy atom. The van der Waals surface area contributed by atoms with Crippen molar-refractivity contribution in [2.45, 2.75) is 6.04 Å². The van der Waals surface area contributed by atoms with Crippen molar-refractivity contribution >= 4 is 17.6 Å². The van der Waals surface area contributed by atoms with Crippen LogP contribution < -0.4 is 5.73 Å². The lowest BCUT2D eigenvalue weighted by atomic mass is 10.1. The second-order valence-electron chi connectivity index (χ2n) is 4.76. The van der Waals surface area contributed by atoms with Crippen LogP contribution in [0.3, 0.4) is 0 Å². The Kier molecular flexibility index (Phi) is 4.09. The van der Waals surface area contributed by atoms with Crippen molar-refractivity contribution in [3.05, 3.63) is 34.9 Å². The van der Waals surface area contributed by atoms with Crippen molar-refractivity contribution in [3.8, 4) is 0 Å². The number of likely N-dealkylation sites (N-methyl/N-ethyl adjacent to an activating group) is 1. The molecule has 5 heteroatoms. The molecule has 0 bridgehead atoms. The summed E-state index contributed by atoms with van der Waals surface area (Å²) >= 11 is 5.91. The van der Waals surface area contributed by atoms with Gasteiger partial charge in [-0.2, -0.15) is 0 Å². The maximum absolute atomic E-state index is 5.95. The van der Waals surface area contributed by atoms with Gasteiger partial charge in [0.1, 0.15) is 0 Å². The molecule has 2 N–H and O–H groups in total. The molecule has 1 heterocycles. The van der Waals surface area contributed by atoms with Gasteiger partial charge in [-0.05, 0) is 31.8 Å². The monoisotopic (exact) mass is 266 g/mol. The molecular formula is C13H19ClN4. The molecule has 1 aliphatic rings. The molecule has 1 aliphatic heterocycles. The second kappa shape index (κ2) is 5.59. The largest absolute Gasteiger partial charge is 0.370 e. The number of hydrogen-bond acceptors (Lipinski definition) is 4. The van der Waals surface area contributed by atoms with Crippen molar-refractivity contribution in [2.24, 2.45) is 10.7 Å². The fourth-order valence-electron chi connectivity index (χ4n) is 2.08. The molecule has 18 heavy (non-hydrogen) atoms. The minimum Gasteiger partial charge on any atom is -0.370 e. The van der Waals surface area contributed by atoms with Gasteiger partial charge in [0, 0.05) is 18.1 Å². The lowest BCUT2D eigenvalue weighted by Crippen LogP contribution is -2.40. The van der Waals surface area contributed by atoms with Gasteiger partial charge in [0.15, 0.2) is 5.96 Å². The zero-order valence-electron chi connectivity index (χ0n) is 10.8. The van der Waals surface area contributed by atoms with Crippen LogP contribution in [-0.2, 0) is 0 Å². The zero-order chi connectivity index (χ0) is 13.1. The maximum Gasteiger partial charge on any atom is 0.191 e. The van der Waals surface area contributed by atoms with E-state index >= 15 is 0 Å². The van der Waals surface area contributed by atoms with E-state index in [0.717, 1.165) is 24.7 Å². The van der Waals surface area contributed by atoms with Crippen LogP contribution in [-0.4, -0.2) is 49.5 Å². The molecule has 2 rings (SSSR count). The zero-order valence-corrected chi connectivity index (χ0v) is 11.6. The number of nitrogens with two attached hydrogens (primary N) is 1. The first-order chi connectivity index (χ1) is 8.58. The van der Waals surface area contributed by atoms with Crippen LogP contribution in [0.5, 0.6) is 0 Å². The molecule has 0 saturated heterocycles. The molecule has 1 aromatic carbocycles. The summed E-state index contributed by atoms with van der Waals surface area (Å²) in [7, 11) is 4.11. The van der Waals surface area contributed by atoms with Gasteiger partial charge in [-0.1, -0.05) is 23.7 Å². The molecule has 0 amide bonds. The minimum absolute atomic E-state index is 0.238. The summed E-state index contributed by atoms with van der Waals surface area (Å²) in [5.41, 5.74) is 7.16. The lowest BCUT2D eigenvalue weighted by molar-refractivity contribution is 0.293. The molecule has 0 fully saturated rings. The Labute approximate surface area is 113 Å². The van der Waals surface area contributed by atoms with E-state index in [2.05, 4.69) is 28.9 Å². The Hall–Kier alpha value is -1.26. The van der Waals surface area contributed by atoms with Gasteiger partial charge >= 0.3 is 0 Å². The number of aliphatic imine (C=N–C) groups is 1. The van der Waals surface area contributed by atoms with Crippen LogP contribution in [0.25, 0.3) is 0 Å². The topological polar surface area (TPSA) is 44.9 Å². The molecule has 0 aromatic heterocycles. The molecule has 0 saturated carbocycles. The highest BCUT2D eigenvalue weighted by Crippen LogP contribution is 2.26. The van der Waals surface area contributed by atoms with Gasteiger partial charge in [-0.3, -0.25) is 4.99 Å². The second-order valence-corrected chi connectivity index (χ2v) is 5.20. The SMILES string of the molecule is CN(C)CCN1C(N)=NCC1c1ccc(Cl)cc1. The third kappa shape index (κ3) is 2.94. The summed E-state index contributed by atoms with van der Waals surface area (Å²) in [5.74, 6) is 0.636. The third-order valence-corrected chi connectivity index (χ3v) is 3.39. The molecular weight excluding hydrogens is 248 g/mol. The summed E-state index contributed by atoms with van der Waals surface area (Å²) in [5, 5.41) is 0.755. The van der Waals surface area contributed by atoms with Gasteiger partial charge in [-0.25, -0.2) is 0 Å². The van der Waals surface area contributed by atoms with Crippen LogP contribution in [0.2, 0.25) is 5.02 Å². The number of hydrogen-bond donors (Lipinski definition) is 1. The van der Waals surface area contributed by atoms with Gasteiger partial charge in [-0.15, -0.1) is 0 Å². The molecule has 0 aliphatic carbocycles. The number of benzene rings is 1. The van der Waals surface area contributed by atoms with E-state index in [4.69, 9.17) is 17.3 Å². The fourth-order valence-corrected chi connectivity index (χ4v) is 2.20. The first-order valence-electron chi connectivity index (χ1n) is 6.04. The first kappa shape index (κ1) is 13.2. The number of rotatable bonds is 4. The summed E-state index contributed by atoms with van der Waals surface area (Å²) in [6.45, 7) is 2.57. The normalized spacial score (nSPS) is 19.4. The highest BCUT2D eigenvalue weighted by Gasteiger charge is 2.26. The fraction of sp³-hybridized carbons (Fsp3) is 0.462. The predicted molar refractivity (Wildman–Crippen MR) is 75.9 cm³/mol. The van der Waals surface area contributed by atoms with E-state index in [1.807, 2.05) is 24.3 Å². The Morgan fingerprint density at radius 3 is 2.67 bits per heavy atom. The quantitative estimate of drug-likeness (QED) is 0.900. The Morgan fingerprint density at radius 2 is 2.06 bits per heavy atom. The smallest absolute Gasteiger partial charge is 0.191 e. The van der Waals surface area contributed by atoms with Crippen molar-refractivity contribution in [2.75, 3.05) is 33.7 Å². The number of guanidine groups is 1. The summed E-state index contributed by atoms with van der Waals surface area (Å²) < 4.78 is 0. The Bertz CT molecular complexity index is 427. The number of halogens is 1. The average molecular weight is 267 g/mol. The standard InChI is InChI=1S/C13H19ClN4/c1-17(2)7-8-18-12(9-16-13(18)15)10-3-5-11(14)6-4-10/h3-6,12H,7-9H2,1-2H3,(H2,15,16). The van der Waals surface area contributed by atoms with Crippen LogP contribution in [0, 0.1) is 0 Å². The average Bonchev–Trinajstić information content (AvgIpc) is 2.69. The summed E-state index contributed by atoms with van der Waals surface area (Å²) in [4.78, 5) is 8.64. The third-order valence-electron chi connectivity index (χ3n) is 3.14. The van der Waals surface area contributed by atoms with Crippen molar-refractivity contribution in [1.82, 2.24) is 9.80 Å². The molecule has 98 valence electrons. The predicted octanol–water partition coefficient (Wildman–Crippen LogP) is 1.57. The van der Waals surface area contributed by atoms with Gasteiger partial charge < -0.3 is 15.5 Å². The van der Waals surface area contributed by atoms with Crippen molar-refractivity contribution < 1.29 is 0 Å². The molecule has 0 spiro atoms. The van der Waals surface area contributed by atoms with E-state index in [0.29, 0.717) is 5.96 Å². The number of nitrogens with zero attached hydrogens (tertiary/aromatic N) is 3. The first-order valence-corrected chi connectivity index (χ1v) is 6.42. The van der Waals surface area contributed by atoms with Crippen LogP contribution in [0.1, 0.15) is 11.6 Å². The van der Waals surface area contributed by atoms with Crippen molar-refractivity contribution in [1.29, 1.82) is 0 Å². The Balaban J connectivity index is 2.10. The van der Waals surface area contributed by atoms with Gasteiger partial charge in [0.25, 0.3) is 0 Å². The summed E-state index contributed by atoms with van der Waals surface area (Å²) in [6.07, 6.45) is 0. The molecule has 1 aromatic rings. The van der Waals surface area contributed by atoms with E-state index in [1.54, 1.807) is 0 Å². The van der Waals surface area contributed by atoms with E-state index in [9.17, 15) is 0 Å². The highest BCUT2D eigenvalue weighted by atomic mass is 35.5. The molecule has 0 radical (unpaired) electrons. The van der Waals surface area contributed by atoms with E-state index in [1.165, 1.54) is 5.56 Å². The van der Waals surface area contributed by atoms with Gasteiger partial charge in [0.2, 0.25) is 0 Å². The van der Waals surface area contributed by atoms with Crippen molar-refractivity contribution in [3.63, 3.8) is 0 Å². The van der Waals surface area contributed by atoms with Gasteiger partial charge in [0.05, 0.1) is 12.6 Å². The van der Waals surface area contributed by atoms with E-state index in [-0.39, 0.29) is 6.04 Å². The molecule has 1 unspecified atom stereocenters. The summed E-state index contributed by atoms with van der Waals surface area (Å²) in [6, 6.07) is 8.15.